The first-order valence-corrected chi connectivity index (χ1v) is 5.12. The van der Waals surface area contributed by atoms with Crippen molar-refractivity contribution in [3.05, 3.63) is 0 Å². The molecule has 0 amide bonds. The normalized spacial score (nSPS) is 14.1. The van der Waals surface area contributed by atoms with Gasteiger partial charge in [-0.25, -0.2) is 0 Å². The summed E-state index contributed by atoms with van der Waals surface area (Å²) < 4.78 is 5.26. The number of nitrogens with two attached hydrogens (primary N) is 1. The van der Waals surface area contributed by atoms with Gasteiger partial charge in [0.2, 0.25) is 0 Å². The first-order chi connectivity index (χ1) is 6.15. The molecule has 0 heterocycles. The van der Waals surface area contributed by atoms with E-state index < -0.39 is 0 Å². The molecular formula is C10H24N2O. The van der Waals surface area contributed by atoms with E-state index in [4.69, 9.17) is 10.5 Å². The molecule has 0 aromatic rings. The van der Waals surface area contributed by atoms with E-state index >= 15 is 0 Å². The van der Waals surface area contributed by atoms with E-state index in [2.05, 4.69) is 25.7 Å². The van der Waals surface area contributed by atoms with Gasteiger partial charge in [0, 0.05) is 26.2 Å². The van der Waals surface area contributed by atoms with Crippen LogP contribution in [0.5, 0.6) is 0 Å². The molecule has 0 aliphatic rings. The molecule has 0 radical (unpaired) electrons. The molecule has 1 atom stereocenters. The van der Waals surface area contributed by atoms with Crippen LogP contribution in [-0.2, 0) is 4.74 Å². The zero-order valence-corrected chi connectivity index (χ0v) is 9.42. The molecule has 0 aromatic carbocycles. The van der Waals surface area contributed by atoms with Crippen LogP contribution < -0.4 is 5.73 Å². The van der Waals surface area contributed by atoms with Crippen LogP contribution >= 0.6 is 0 Å². The molecule has 0 spiro atoms. The Morgan fingerprint density at radius 2 is 2.00 bits per heavy atom. The summed E-state index contributed by atoms with van der Waals surface area (Å²) in [7, 11) is 1.72. The molecule has 0 saturated heterocycles. The maximum atomic E-state index is 5.58. The molecular weight excluding hydrogens is 164 g/mol. The third-order valence-electron chi connectivity index (χ3n) is 2.28. The molecule has 80 valence electrons. The number of rotatable bonds is 7. The molecule has 0 aliphatic carbocycles. The highest BCUT2D eigenvalue weighted by molar-refractivity contribution is 4.69. The minimum Gasteiger partial charge on any atom is -0.379 e. The van der Waals surface area contributed by atoms with E-state index in [1.54, 1.807) is 7.11 Å². The summed E-state index contributed by atoms with van der Waals surface area (Å²) in [6.45, 7) is 9.27. The Morgan fingerprint density at radius 3 is 2.31 bits per heavy atom. The Labute approximate surface area is 82.2 Å². The predicted molar refractivity (Wildman–Crippen MR) is 56.9 cm³/mol. The van der Waals surface area contributed by atoms with E-state index in [1.165, 1.54) is 6.42 Å². The third-order valence-corrected chi connectivity index (χ3v) is 2.28. The molecule has 0 aliphatic heterocycles. The Bertz CT molecular complexity index is 113. The molecule has 3 nitrogen and oxygen atoms in total. The van der Waals surface area contributed by atoms with Crippen LogP contribution in [0.4, 0.5) is 0 Å². The minimum absolute atomic E-state index is 0.175. The first kappa shape index (κ1) is 12.9. The molecule has 13 heavy (non-hydrogen) atoms. The smallest absolute Gasteiger partial charge is 0.0820 e. The minimum atomic E-state index is 0.175. The average molecular weight is 188 g/mol. The number of hydrogen-bond acceptors (Lipinski definition) is 3. The van der Waals surface area contributed by atoms with Gasteiger partial charge in [-0.05, 0) is 26.8 Å². The Balaban J connectivity index is 3.91. The van der Waals surface area contributed by atoms with E-state index in [0.717, 1.165) is 13.1 Å². The van der Waals surface area contributed by atoms with Gasteiger partial charge in [0.1, 0.15) is 0 Å². The van der Waals surface area contributed by atoms with Crippen LogP contribution in [0.3, 0.4) is 0 Å². The Hall–Kier alpha value is -0.120. The number of methoxy groups -OCH3 is 1. The molecule has 0 rings (SSSR count). The summed E-state index contributed by atoms with van der Waals surface area (Å²) in [4.78, 5) is 2.40. The highest BCUT2D eigenvalue weighted by Gasteiger charge is 2.13. The topological polar surface area (TPSA) is 38.5 Å². The number of hydrogen-bond donors (Lipinski definition) is 1. The number of nitrogens with zero attached hydrogens (tertiary/aromatic N) is 1. The third kappa shape index (κ3) is 5.24. The summed E-state index contributed by atoms with van der Waals surface area (Å²) in [5.74, 6) is 0. The van der Waals surface area contributed by atoms with Crippen molar-refractivity contribution >= 4 is 0 Å². The van der Waals surface area contributed by atoms with Crippen LogP contribution in [0.15, 0.2) is 0 Å². The first-order valence-electron chi connectivity index (χ1n) is 5.12. The lowest BCUT2D eigenvalue weighted by Gasteiger charge is -2.29. The maximum absolute atomic E-state index is 5.58. The molecule has 3 heteroatoms. The second-order valence-electron chi connectivity index (χ2n) is 3.68. The van der Waals surface area contributed by atoms with Gasteiger partial charge < -0.3 is 10.5 Å². The fraction of sp³-hybridized carbons (Fsp3) is 1.00. The van der Waals surface area contributed by atoms with E-state index in [-0.39, 0.29) is 6.10 Å². The van der Waals surface area contributed by atoms with Gasteiger partial charge in [0.15, 0.2) is 0 Å². The molecule has 0 fully saturated rings. The summed E-state index contributed by atoms with van der Waals surface area (Å²) in [5.41, 5.74) is 5.58. The molecule has 0 aromatic heterocycles. The Kier molecular flexibility index (Phi) is 7.23. The molecule has 1 unspecified atom stereocenters. The molecule has 0 saturated carbocycles. The average Bonchev–Trinajstić information content (AvgIpc) is 2.11. The quantitative estimate of drug-likeness (QED) is 0.650. The SMILES string of the molecule is CCCN(CC(CN)OC)C(C)C. The van der Waals surface area contributed by atoms with Crippen molar-refractivity contribution in [2.24, 2.45) is 5.73 Å². The van der Waals surface area contributed by atoms with Crippen molar-refractivity contribution in [1.29, 1.82) is 0 Å². The number of ether oxygens (including phenoxy) is 1. The maximum Gasteiger partial charge on any atom is 0.0820 e. The lowest BCUT2D eigenvalue weighted by Crippen LogP contribution is -2.41. The van der Waals surface area contributed by atoms with Crippen LogP contribution in [0.1, 0.15) is 27.2 Å². The zero-order chi connectivity index (χ0) is 10.3. The second-order valence-corrected chi connectivity index (χ2v) is 3.68. The second kappa shape index (κ2) is 7.30. The van der Waals surface area contributed by atoms with Crippen LogP contribution in [0.2, 0.25) is 0 Å². The predicted octanol–water partition coefficient (Wildman–Crippen LogP) is 1.08. The molecule has 2 N–H and O–H groups in total. The van der Waals surface area contributed by atoms with Gasteiger partial charge in [0.05, 0.1) is 6.10 Å². The monoisotopic (exact) mass is 188 g/mol. The van der Waals surface area contributed by atoms with E-state index in [9.17, 15) is 0 Å². The van der Waals surface area contributed by atoms with Gasteiger partial charge in [-0.2, -0.15) is 0 Å². The van der Waals surface area contributed by atoms with Gasteiger partial charge in [-0.3, -0.25) is 4.90 Å². The van der Waals surface area contributed by atoms with Crippen LogP contribution in [0, 0.1) is 0 Å². The van der Waals surface area contributed by atoms with Crippen molar-refractivity contribution in [2.45, 2.75) is 39.3 Å². The Morgan fingerprint density at radius 1 is 1.38 bits per heavy atom. The summed E-state index contributed by atoms with van der Waals surface area (Å²) in [6.07, 6.45) is 1.35. The van der Waals surface area contributed by atoms with Gasteiger partial charge in [0.25, 0.3) is 0 Å². The highest BCUT2D eigenvalue weighted by atomic mass is 16.5. The lowest BCUT2D eigenvalue weighted by atomic mass is 10.2. The van der Waals surface area contributed by atoms with Crippen molar-refractivity contribution in [2.75, 3.05) is 26.7 Å². The fourth-order valence-corrected chi connectivity index (χ4v) is 1.35. The van der Waals surface area contributed by atoms with Crippen molar-refractivity contribution in [3.8, 4) is 0 Å². The molecule has 0 bridgehead atoms. The van der Waals surface area contributed by atoms with Gasteiger partial charge in [-0.1, -0.05) is 6.92 Å². The van der Waals surface area contributed by atoms with E-state index in [0.29, 0.717) is 12.6 Å². The standard InChI is InChI=1S/C10H24N2O/c1-5-6-12(9(2)3)8-10(7-11)13-4/h9-10H,5-8,11H2,1-4H3. The van der Waals surface area contributed by atoms with Crippen molar-refractivity contribution < 1.29 is 4.74 Å². The summed E-state index contributed by atoms with van der Waals surface area (Å²) in [6, 6.07) is 0.573. The van der Waals surface area contributed by atoms with Crippen molar-refractivity contribution in [1.82, 2.24) is 4.90 Å². The van der Waals surface area contributed by atoms with Gasteiger partial charge >= 0.3 is 0 Å². The fourth-order valence-electron chi connectivity index (χ4n) is 1.35. The van der Waals surface area contributed by atoms with Gasteiger partial charge in [-0.15, -0.1) is 0 Å². The summed E-state index contributed by atoms with van der Waals surface area (Å²) >= 11 is 0. The summed E-state index contributed by atoms with van der Waals surface area (Å²) in [5, 5.41) is 0. The largest absolute Gasteiger partial charge is 0.379 e. The van der Waals surface area contributed by atoms with E-state index in [1.807, 2.05) is 0 Å². The zero-order valence-electron chi connectivity index (χ0n) is 9.42. The van der Waals surface area contributed by atoms with Crippen molar-refractivity contribution in [3.63, 3.8) is 0 Å². The van der Waals surface area contributed by atoms with Crippen LogP contribution in [-0.4, -0.2) is 43.8 Å². The highest BCUT2D eigenvalue weighted by Crippen LogP contribution is 2.02. The lowest BCUT2D eigenvalue weighted by molar-refractivity contribution is 0.0591. The van der Waals surface area contributed by atoms with Crippen LogP contribution in [0.25, 0.3) is 0 Å².